The third-order valence-corrected chi connectivity index (χ3v) is 8.86. The van der Waals surface area contributed by atoms with Gasteiger partial charge < -0.3 is 5.11 Å². The average molecular weight is 616 g/mol. The van der Waals surface area contributed by atoms with E-state index in [4.69, 9.17) is 11.6 Å². The van der Waals surface area contributed by atoms with Gasteiger partial charge in [0.2, 0.25) is 0 Å². The summed E-state index contributed by atoms with van der Waals surface area (Å²) in [5.74, 6) is -7.91. The number of phenolic OH excluding ortho intramolecular Hbond substituents is 1. The molecule has 1 aromatic heterocycles. The fourth-order valence-corrected chi connectivity index (χ4v) is 6.88. The van der Waals surface area contributed by atoms with Crippen LogP contribution in [0.25, 0.3) is 0 Å². The van der Waals surface area contributed by atoms with E-state index in [0.29, 0.717) is 11.6 Å². The molecule has 43 heavy (non-hydrogen) atoms. The Morgan fingerprint density at radius 2 is 1.79 bits per heavy atom. The standard InChI is InChI=1S/C30H22ClF4N3O5/c1-12-9-21(40)25-17(26(12)41)11-16-14(23(25)13-3-7-20(39)19(32)10-13)4-5-15-24(16)29(43)38(28(15)42)37(2)27-18(31)6-8-22(36-27)30(33,34)35/h3-4,6-10,15-16,23-24,39H,5,11H2,1-2H3/t15-,16+,23-,24-/m0/s1. The van der Waals surface area contributed by atoms with Crippen LogP contribution in [0.1, 0.15) is 36.9 Å². The number of hydrogen-bond acceptors (Lipinski definition) is 7. The monoisotopic (exact) mass is 615 g/mol. The zero-order valence-corrected chi connectivity index (χ0v) is 23.3. The van der Waals surface area contributed by atoms with E-state index in [0.717, 1.165) is 28.2 Å². The maximum Gasteiger partial charge on any atom is 0.433 e. The van der Waals surface area contributed by atoms with Gasteiger partial charge >= 0.3 is 6.18 Å². The van der Waals surface area contributed by atoms with Crippen molar-refractivity contribution >= 4 is 40.8 Å². The predicted octanol–water partition coefficient (Wildman–Crippen LogP) is 5.08. The number of hydrogen-bond donors (Lipinski definition) is 1. The molecule has 0 spiro atoms. The fourth-order valence-electron chi connectivity index (χ4n) is 6.65. The third-order valence-electron chi connectivity index (χ3n) is 8.57. The van der Waals surface area contributed by atoms with E-state index >= 15 is 0 Å². The lowest BCUT2D eigenvalue weighted by Gasteiger charge is -2.42. The van der Waals surface area contributed by atoms with Crippen molar-refractivity contribution in [1.82, 2.24) is 9.99 Å². The molecule has 3 aliphatic carbocycles. The second kappa shape index (κ2) is 9.87. The molecule has 0 saturated carbocycles. The van der Waals surface area contributed by atoms with Crippen LogP contribution < -0.4 is 5.01 Å². The number of ketones is 2. The normalized spacial score (nSPS) is 25.3. The zero-order valence-electron chi connectivity index (χ0n) is 22.6. The number of amides is 2. The molecule has 13 heteroatoms. The minimum absolute atomic E-state index is 0.0473. The first kappa shape index (κ1) is 28.8. The first-order chi connectivity index (χ1) is 20.2. The minimum atomic E-state index is -4.81. The number of nitrogens with zero attached hydrogens (tertiary/aromatic N) is 3. The van der Waals surface area contributed by atoms with Gasteiger partial charge in [0.25, 0.3) is 11.8 Å². The average Bonchev–Trinajstić information content (AvgIpc) is 3.21. The summed E-state index contributed by atoms with van der Waals surface area (Å²) in [5.41, 5.74) is 0.0452. The number of halogens is 5. The maximum atomic E-state index is 14.5. The van der Waals surface area contributed by atoms with E-state index < -0.39 is 76.3 Å². The summed E-state index contributed by atoms with van der Waals surface area (Å²) in [6.07, 6.45) is -1.89. The highest BCUT2D eigenvalue weighted by Crippen LogP contribution is 2.55. The molecule has 6 rings (SSSR count). The smallest absolute Gasteiger partial charge is 0.433 e. The van der Waals surface area contributed by atoms with Gasteiger partial charge in [0.15, 0.2) is 29.0 Å². The number of anilines is 1. The number of fused-ring (bicyclic) bond motifs is 3. The molecule has 2 amide bonds. The van der Waals surface area contributed by atoms with Crippen molar-refractivity contribution in [2.24, 2.45) is 17.8 Å². The summed E-state index contributed by atoms with van der Waals surface area (Å²) in [5, 5.41) is 11.2. The van der Waals surface area contributed by atoms with Gasteiger partial charge in [-0.3, -0.25) is 24.2 Å². The van der Waals surface area contributed by atoms with Crippen LogP contribution in [0.15, 0.2) is 64.8 Å². The molecule has 1 N–H and O–H groups in total. The number of hydrazine groups is 1. The summed E-state index contributed by atoms with van der Waals surface area (Å²) in [6.45, 7) is 1.49. The fraction of sp³-hybridized carbons (Fsp3) is 0.300. The largest absolute Gasteiger partial charge is 0.505 e. The van der Waals surface area contributed by atoms with Crippen LogP contribution in [0.4, 0.5) is 23.4 Å². The summed E-state index contributed by atoms with van der Waals surface area (Å²) in [4.78, 5) is 57.8. The molecule has 2 heterocycles. The highest BCUT2D eigenvalue weighted by molar-refractivity contribution is 6.33. The molecule has 0 radical (unpaired) electrons. The topological polar surface area (TPSA) is 108 Å². The van der Waals surface area contributed by atoms with Gasteiger partial charge in [-0.25, -0.2) is 9.37 Å². The van der Waals surface area contributed by atoms with E-state index in [9.17, 15) is 41.8 Å². The van der Waals surface area contributed by atoms with Crippen molar-refractivity contribution in [3.63, 3.8) is 0 Å². The number of rotatable bonds is 3. The van der Waals surface area contributed by atoms with Gasteiger partial charge in [-0.1, -0.05) is 29.3 Å². The van der Waals surface area contributed by atoms with Crippen LogP contribution >= 0.6 is 11.6 Å². The Morgan fingerprint density at radius 3 is 2.47 bits per heavy atom. The molecule has 4 aliphatic rings. The number of alkyl halides is 3. The van der Waals surface area contributed by atoms with Crippen molar-refractivity contribution in [1.29, 1.82) is 0 Å². The molecule has 222 valence electrons. The molecule has 8 nitrogen and oxygen atoms in total. The SMILES string of the molecule is CC1=CC(=O)C2=C(C[C@@H]3C(=CC[C@@H]4C(=O)N(N(C)c5nc(C(F)(F)F)ccc5Cl)C(=O)[C@@H]43)[C@@H]2c2ccc(O)c(F)c2)C1=O. The van der Waals surface area contributed by atoms with E-state index in [1.54, 1.807) is 6.08 Å². The van der Waals surface area contributed by atoms with Crippen molar-refractivity contribution < 1.29 is 41.8 Å². The van der Waals surface area contributed by atoms with E-state index in [1.807, 2.05) is 0 Å². The number of Topliss-reactive ketones (excluding diaryl/α,β-unsaturated/α-hetero) is 1. The highest BCUT2D eigenvalue weighted by atomic mass is 35.5. The zero-order chi connectivity index (χ0) is 31.1. The van der Waals surface area contributed by atoms with E-state index in [2.05, 4.69) is 4.98 Å². The summed E-state index contributed by atoms with van der Waals surface area (Å²) in [6, 6.07) is 5.27. The second-order valence-electron chi connectivity index (χ2n) is 11.0. The van der Waals surface area contributed by atoms with Crippen LogP contribution in [0.5, 0.6) is 5.75 Å². The van der Waals surface area contributed by atoms with Gasteiger partial charge in [-0.05, 0) is 61.6 Å². The van der Waals surface area contributed by atoms with Gasteiger partial charge in [0.05, 0.1) is 16.9 Å². The molecule has 2 aromatic rings. The Kier molecular flexibility index (Phi) is 6.60. The third kappa shape index (κ3) is 4.38. The van der Waals surface area contributed by atoms with Crippen LogP contribution in [-0.2, 0) is 25.4 Å². The Hall–Kier alpha value is -4.32. The Balaban J connectivity index is 1.43. The van der Waals surface area contributed by atoms with Gasteiger partial charge in [0, 0.05) is 29.7 Å². The number of pyridine rings is 1. The molecular weight excluding hydrogens is 594 g/mol. The molecule has 0 bridgehead atoms. The quantitative estimate of drug-likeness (QED) is 0.222. The van der Waals surface area contributed by atoms with Crippen LogP contribution in [0, 0.1) is 23.6 Å². The molecule has 1 aromatic carbocycles. The number of aromatic nitrogens is 1. The number of benzene rings is 1. The maximum absolute atomic E-state index is 14.5. The summed E-state index contributed by atoms with van der Waals surface area (Å²) in [7, 11) is 1.21. The number of phenols is 1. The van der Waals surface area contributed by atoms with Crippen LogP contribution in [-0.4, -0.2) is 45.5 Å². The summed E-state index contributed by atoms with van der Waals surface area (Å²) >= 11 is 6.15. The van der Waals surface area contributed by atoms with Crippen LogP contribution in [0.3, 0.4) is 0 Å². The lowest BCUT2D eigenvalue weighted by molar-refractivity contribution is -0.141. The van der Waals surface area contributed by atoms with Crippen LogP contribution in [0.2, 0.25) is 5.02 Å². The predicted molar refractivity (Wildman–Crippen MR) is 144 cm³/mol. The first-order valence-electron chi connectivity index (χ1n) is 13.2. The molecule has 1 aliphatic heterocycles. The van der Waals surface area contributed by atoms with E-state index in [1.165, 1.54) is 26.1 Å². The number of carbonyl (C=O) groups is 4. The lowest BCUT2D eigenvalue weighted by Crippen LogP contribution is -2.46. The highest BCUT2D eigenvalue weighted by Gasteiger charge is 2.57. The molecule has 0 unspecified atom stereocenters. The van der Waals surface area contributed by atoms with Gasteiger partial charge in [-0.2, -0.15) is 18.2 Å². The lowest BCUT2D eigenvalue weighted by atomic mass is 9.59. The van der Waals surface area contributed by atoms with Crippen molar-refractivity contribution in [3.05, 3.63) is 86.9 Å². The molecular formula is C30H22ClF4N3O5. The van der Waals surface area contributed by atoms with E-state index in [-0.39, 0.29) is 40.1 Å². The molecule has 4 atom stereocenters. The first-order valence-corrected chi connectivity index (χ1v) is 13.6. The Bertz CT molecular complexity index is 1750. The Morgan fingerprint density at radius 1 is 1.07 bits per heavy atom. The van der Waals surface area contributed by atoms with Crippen molar-refractivity contribution in [3.8, 4) is 5.75 Å². The number of imide groups is 1. The van der Waals surface area contributed by atoms with Gasteiger partial charge in [-0.15, -0.1) is 0 Å². The summed E-state index contributed by atoms with van der Waals surface area (Å²) < 4.78 is 54.7. The Labute approximate surface area is 246 Å². The number of allylic oxidation sites excluding steroid dienone is 6. The van der Waals surface area contributed by atoms with Crippen molar-refractivity contribution in [2.75, 3.05) is 12.1 Å². The number of aromatic hydroxyl groups is 1. The van der Waals surface area contributed by atoms with Crippen molar-refractivity contribution in [2.45, 2.75) is 31.9 Å². The second-order valence-corrected chi connectivity index (χ2v) is 11.4. The van der Waals surface area contributed by atoms with Gasteiger partial charge in [0.1, 0.15) is 5.69 Å². The molecule has 1 saturated heterocycles. The molecule has 1 fully saturated rings. The minimum Gasteiger partial charge on any atom is -0.505 e. The number of carbonyl (C=O) groups excluding carboxylic acids is 4.